The number of aromatic nitrogens is 2. The van der Waals surface area contributed by atoms with Crippen molar-refractivity contribution < 1.29 is 14.6 Å². The van der Waals surface area contributed by atoms with Gasteiger partial charge >= 0.3 is 0 Å². The molecule has 1 aliphatic rings. The van der Waals surface area contributed by atoms with Crippen LogP contribution in [0.3, 0.4) is 0 Å². The topological polar surface area (TPSA) is 78.6 Å². The maximum absolute atomic E-state index is 13.7. The number of benzene rings is 1. The van der Waals surface area contributed by atoms with Crippen molar-refractivity contribution in [1.82, 2.24) is 9.55 Å². The number of halogens is 1. The van der Waals surface area contributed by atoms with E-state index in [1.54, 1.807) is 28.4 Å². The van der Waals surface area contributed by atoms with E-state index < -0.39 is 0 Å². The van der Waals surface area contributed by atoms with Crippen molar-refractivity contribution in [3.05, 3.63) is 50.9 Å². The molecule has 6 nitrogen and oxygen atoms in total. The Bertz CT molecular complexity index is 1060. The number of aryl methyl sites for hydroxylation is 2. The lowest BCUT2D eigenvalue weighted by molar-refractivity contribution is 0.279. The number of thiophene rings is 1. The summed E-state index contributed by atoms with van der Waals surface area (Å²) in [5, 5.41) is 19.6. The van der Waals surface area contributed by atoms with Gasteiger partial charge in [-0.2, -0.15) is 0 Å². The molecular formula is C21H24FN3O3S. The van der Waals surface area contributed by atoms with E-state index in [1.807, 2.05) is 0 Å². The van der Waals surface area contributed by atoms with Gasteiger partial charge in [-0.05, 0) is 55.5 Å². The number of hydrogen-bond donors (Lipinski definition) is 2. The molecule has 2 N–H and O–H groups in total. The molecular weight excluding hydrogens is 393 g/mol. The van der Waals surface area contributed by atoms with E-state index in [0.717, 1.165) is 37.7 Å². The molecule has 0 fully saturated rings. The third-order valence-corrected chi connectivity index (χ3v) is 6.51. The standard InChI is InChI=1S/C21H24FN3O3S/c22-14-6-8-15(9-7-14)25-20(28)18-16-4-2-1-3-5-17(16)29-19(18)23-21(25)24(10-12-26)11-13-27/h6-9,26-27H,1-5,10-13H2. The number of hydrogen-bond acceptors (Lipinski definition) is 6. The van der Waals surface area contributed by atoms with E-state index >= 15 is 0 Å². The quantitative estimate of drug-likeness (QED) is 0.603. The summed E-state index contributed by atoms with van der Waals surface area (Å²) >= 11 is 1.57. The van der Waals surface area contributed by atoms with Gasteiger partial charge in [-0.3, -0.25) is 4.79 Å². The van der Waals surface area contributed by atoms with Gasteiger partial charge in [0.2, 0.25) is 5.95 Å². The summed E-state index contributed by atoms with van der Waals surface area (Å²) in [5.41, 5.74) is 1.42. The Morgan fingerprint density at radius 1 is 1.07 bits per heavy atom. The normalized spacial score (nSPS) is 14.0. The Labute approximate surface area is 171 Å². The Kier molecular flexibility index (Phi) is 5.94. The maximum atomic E-state index is 13.7. The molecule has 8 heteroatoms. The average molecular weight is 418 g/mol. The van der Waals surface area contributed by atoms with Crippen LogP contribution in [0.1, 0.15) is 29.7 Å². The van der Waals surface area contributed by atoms with Crippen molar-refractivity contribution in [2.45, 2.75) is 32.1 Å². The van der Waals surface area contributed by atoms with Crippen molar-refractivity contribution in [1.29, 1.82) is 0 Å². The predicted octanol–water partition coefficient (Wildman–Crippen LogP) is 2.65. The molecule has 0 saturated carbocycles. The predicted molar refractivity (Wildman–Crippen MR) is 113 cm³/mol. The third kappa shape index (κ3) is 3.80. The highest BCUT2D eigenvalue weighted by molar-refractivity contribution is 7.18. The van der Waals surface area contributed by atoms with Gasteiger partial charge in [0, 0.05) is 18.0 Å². The van der Waals surface area contributed by atoms with E-state index in [-0.39, 0.29) is 37.7 Å². The van der Waals surface area contributed by atoms with Gasteiger partial charge in [0.1, 0.15) is 10.6 Å². The Morgan fingerprint density at radius 3 is 2.45 bits per heavy atom. The van der Waals surface area contributed by atoms with Gasteiger partial charge in [0.25, 0.3) is 5.56 Å². The highest BCUT2D eigenvalue weighted by Gasteiger charge is 2.24. The van der Waals surface area contributed by atoms with Crippen LogP contribution in [-0.4, -0.2) is 46.1 Å². The van der Waals surface area contributed by atoms with E-state index in [0.29, 0.717) is 21.9 Å². The molecule has 2 aromatic heterocycles. The molecule has 0 aliphatic heterocycles. The van der Waals surface area contributed by atoms with Crippen LogP contribution >= 0.6 is 11.3 Å². The van der Waals surface area contributed by atoms with Crippen LogP contribution in [0.25, 0.3) is 15.9 Å². The smallest absolute Gasteiger partial charge is 0.268 e. The summed E-state index contributed by atoms with van der Waals surface area (Å²) in [6.45, 7) is 0.173. The molecule has 0 saturated heterocycles. The van der Waals surface area contributed by atoms with Crippen LogP contribution in [-0.2, 0) is 12.8 Å². The fourth-order valence-corrected chi connectivity index (χ4v) is 5.21. The molecule has 3 aromatic rings. The molecule has 2 heterocycles. The van der Waals surface area contributed by atoms with Crippen molar-refractivity contribution in [2.24, 2.45) is 0 Å². The maximum Gasteiger partial charge on any atom is 0.268 e. The first-order valence-electron chi connectivity index (χ1n) is 9.94. The summed E-state index contributed by atoms with van der Waals surface area (Å²) in [4.78, 5) is 22.1. The SMILES string of the molecule is O=c1c2c3c(sc2nc(N(CCO)CCO)n1-c1ccc(F)cc1)CCCCC3. The summed E-state index contributed by atoms with van der Waals surface area (Å²) in [6, 6.07) is 5.72. The molecule has 0 amide bonds. The number of aliphatic hydroxyl groups is 2. The third-order valence-electron chi connectivity index (χ3n) is 5.33. The lowest BCUT2D eigenvalue weighted by Crippen LogP contribution is -2.36. The molecule has 1 aromatic carbocycles. The van der Waals surface area contributed by atoms with Crippen LogP contribution in [0, 0.1) is 5.82 Å². The first kappa shape index (κ1) is 20.0. The van der Waals surface area contributed by atoms with Crippen LogP contribution in [0.15, 0.2) is 29.1 Å². The summed E-state index contributed by atoms with van der Waals surface area (Å²) in [6.07, 6.45) is 5.14. The zero-order valence-corrected chi connectivity index (χ0v) is 16.9. The average Bonchev–Trinajstić information content (AvgIpc) is 2.90. The van der Waals surface area contributed by atoms with Gasteiger partial charge in [0.05, 0.1) is 24.3 Å². The minimum atomic E-state index is -0.385. The molecule has 0 spiro atoms. The Morgan fingerprint density at radius 2 is 1.76 bits per heavy atom. The summed E-state index contributed by atoms with van der Waals surface area (Å²) in [7, 11) is 0. The number of rotatable bonds is 6. The van der Waals surface area contributed by atoms with Crippen LogP contribution in [0.5, 0.6) is 0 Å². The molecule has 0 bridgehead atoms. The fraction of sp³-hybridized carbons (Fsp3) is 0.429. The van der Waals surface area contributed by atoms with Gasteiger partial charge in [0.15, 0.2) is 0 Å². The minimum absolute atomic E-state index is 0.141. The van der Waals surface area contributed by atoms with Gasteiger partial charge < -0.3 is 15.1 Å². The number of anilines is 1. The highest BCUT2D eigenvalue weighted by Crippen LogP contribution is 2.34. The van der Waals surface area contributed by atoms with E-state index in [1.165, 1.54) is 21.6 Å². The van der Waals surface area contributed by atoms with E-state index in [2.05, 4.69) is 0 Å². The van der Waals surface area contributed by atoms with Gasteiger partial charge in [-0.15, -0.1) is 11.3 Å². The summed E-state index contributed by atoms with van der Waals surface area (Å²) in [5.74, 6) is -0.0297. The molecule has 0 radical (unpaired) electrons. The van der Waals surface area contributed by atoms with E-state index in [4.69, 9.17) is 4.98 Å². The van der Waals surface area contributed by atoms with Gasteiger partial charge in [-0.25, -0.2) is 13.9 Å². The molecule has 0 unspecified atom stereocenters. The van der Waals surface area contributed by atoms with Crippen molar-refractivity contribution in [2.75, 3.05) is 31.2 Å². The lowest BCUT2D eigenvalue weighted by Gasteiger charge is -2.25. The lowest BCUT2D eigenvalue weighted by atomic mass is 10.1. The Hall–Kier alpha value is -2.29. The Balaban J connectivity index is 2.00. The first-order chi connectivity index (χ1) is 14.1. The van der Waals surface area contributed by atoms with Crippen molar-refractivity contribution >= 4 is 27.5 Å². The fourth-order valence-electron chi connectivity index (χ4n) is 3.96. The number of nitrogens with zero attached hydrogens (tertiary/aromatic N) is 3. The second kappa shape index (κ2) is 8.61. The second-order valence-corrected chi connectivity index (χ2v) is 8.29. The minimum Gasteiger partial charge on any atom is -0.395 e. The van der Waals surface area contributed by atoms with Gasteiger partial charge in [-0.1, -0.05) is 6.42 Å². The van der Waals surface area contributed by atoms with Crippen molar-refractivity contribution in [3.63, 3.8) is 0 Å². The first-order valence-corrected chi connectivity index (χ1v) is 10.8. The molecule has 4 rings (SSSR count). The van der Waals surface area contributed by atoms with Crippen molar-refractivity contribution in [3.8, 4) is 5.69 Å². The highest BCUT2D eigenvalue weighted by atomic mass is 32.1. The number of fused-ring (bicyclic) bond motifs is 3. The zero-order chi connectivity index (χ0) is 20.4. The second-order valence-electron chi connectivity index (χ2n) is 7.21. The van der Waals surface area contributed by atoms with Crippen LogP contribution < -0.4 is 10.5 Å². The molecule has 1 aliphatic carbocycles. The van der Waals surface area contributed by atoms with Crippen LogP contribution in [0.2, 0.25) is 0 Å². The number of aliphatic hydroxyl groups excluding tert-OH is 2. The summed E-state index contributed by atoms with van der Waals surface area (Å²) < 4.78 is 15.0. The van der Waals surface area contributed by atoms with Crippen LogP contribution in [0.4, 0.5) is 10.3 Å². The molecule has 29 heavy (non-hydrogen) atoms. The zero-order valence-electron chi connectivity index (χ0n) is 16.1. The monoisotopic (exact) mass is 417 g/mol. The molecule has 154 valence electrons. The molecule has 0 atom stereocenters. The largest absolute Gasteiger partial charge is 0.395 e. The van der Waals surface area contributed by atoms with E-state index in [9.17, 15) is 19.4 Å².